The van der Waals surface area contributed by atoms with Crippen LogP contribution in [0.5, 0.6) is 0 Å². The number of aromatic nitrogens is 2. The van der Waals surface area contributed by atoms with Crippen LogP contribution in [0.1, 0.15) is 49.1 Å². The van der Waals surface area contributed by atoms with Gasteiger partial charge < -0.3 is 23.5 Å². The number of rotatable bonds is 8. The highest BCUT2D eigenvalue weighted by Crippen LogP contribution is 2.25. The lowest BCUT2D eigenvalue weighted by Crippen LogP contribution is -2.54. The number of amides is 1. The maximum atomic E-state index is 13.1. The number of benzene rings is 3. The van der Waals surface area contributed by atoms with Crippen LogP contribution >= 0.6 is 0 Å². The van der Waals surface area contributed by atoms with Gasteiger partial charge in [-0.3, -0.25) is 10.2 Å². The topological polar surface area (TPSA) is 89.6 Å². The van der Waals surface area contributed by atoms with E-state index in [1.165, 1.54) is 16.0 Å². The lowest BCUT2D eigenvalue weighted by molar-refractivity contribution is -0.155. The molecule has 1 atom stereocenters. The molecule has 8 heteroatoms. The largest absolute Gasteiger partial charge is 0.463 e. The Hall–Kier alpha value is -4.33. The van der Waals surface area contributed by atoms with Crippen LogP contribution in [-0.4, -0.2) is 51.4 Å². The lowest BCUT2D eigenvalue weighted by Gasteiger charge is -2.38. The molecule has 8 nitrogen and oxygen atoms in total. The number of hydrogen-bond acceptors (Lipinski definition) is 5. The molecule has 1 unspecified atom stereocenters. The molecule has 1 aliphatic heterocycles. The molecule has 1 amide bonds. The number of likely N-dealkylation sites (tertiary alicyclic amines) is 1. The van der Waals surface area contributed by atoms with Crippen molar-refractivity contribution in [2.45, 2.75) is 59.2 Å². The maximum Gasteiger partial charge on any atom is 0.410 e. The number of nitrogens with one attached hydrogen (secondary N) is 1. The quantitative estimate of drug-likeness (QED) is 0.273. The van der Waals surface area contributed by atoms with Crippen LogP contribution < -0.4 is 5.62 Å². The lowest BCUT2D eigenvalue weighted by atomic mass is 10.0. The molecule has 0 bridgehead atoms. The standard InChI is InChI=1S/C34H40N4O4/c1-23-10-14-25(15-11-23)18-28(22-41-31(39)27-20-36(21-27)33(40)42-34(3,4)5)38-30-9-7-6-8-29(30)37(32(38)35)19-26-16-12-24(2)13-17-26/h6-17,27-28,35H,18-22H2,1-5H3. The summed E-state index contributed by atoms with van der Waals surface area (Å²) in [5, 5.41) is 9.29. The number of para-hydroxylation sites is 2. The number of aryl methyl sites for hydroxylation is 2. The van der Waals surface area contributed by atoms with Crippen LogP contribution in [0.15, 0.2) is 72.8 Å². The summed E-state index contributed by atoms with van der Waals surface area (Å²) in [7, 11) is 0. The predicted molar refractivity (Wildman–Crippen MR) is 162 cm³/mol. The average Bonchev–Trinajstić information content (AvgIpc) is 3.18. The fraction of sp³-hybridized carbons (Fsp3) is 0.382. The van der Waals surface area contributed by atoms with E-state index in [0.717, 1.165) is 22.2 Å². The van der Waals surface area contributed by atoms with Gasteiger partial charge in [0.05, 0.1) is 29.5 Å². The first-order chi connectivity index (χ1) is 20.0. The Balaban J connectivity index is 1.39. The van der Waals surface area contributed by atoms with Gasteiger partial charge >= 0.3 is 12.1 Å². The molecule has 1 aromatic heterocycles. The molecular formula is C34H40N4O4. The van der Waals surface area contributed by atoms with Crippen molar-refractivity contribution in [2.75, 3.05) is 19.7 Å². The summed E-state index contributed by atoms with van der Waals surface area (Å²) < 4.78 is 15.3. The number of ether oxygens (including phenoxy) is 2. The minimum absolute atomic E-state index is 0.116. The van der Waals surface area contributed by atoms with Gasteiger partial charge in [0.2, 0.25) is 5.62 Å². The Morgan fingerprint density at radius 3 is 2.05 bits per heavy atom. The van der Waals surface area contributed by atoms with Gasteiger partial charge in [0.1, 0.15) is 12.2 Å². The van der Waals surface area contributed by atoms with Crippen molar-refractivity contribution in [1.29, 1.82) is 5.41 Å². The monoisotopic (exact) mass is 568 g/mol. The third-order valence-electron chi connectivity index (χ3n) is 7.62. The van der Waals surface area contributed by atoms with Gasteiger partial charge in [-0.05, 0) is 64.3 Å². The van der Waals surface area contributed by atoms with Crippen LogP contribution in [0.2, 0.25) is 0 Å². The molecular weight excluding hydrogens is 528 g/mol. The van der Waals surface area contributed by atoms with Crippen molar-refractivity contribution in [3.05, 3.63) is 101 Å². The predicted octanol–water partition coefficient (Wildman–Crippen LogP) is 5.78. The van der Waals surface area contributed by atoms with Gasteiger partial charge in [-0.25, -0.2) is 4.79 Å². The number of carbonyl (C=O) groups excluding carboxylic acids is 2. The summed E-state index contributed by atoms with van der Waals surface area (Å²) in [6.45, 7) is 10.8. The van der Waals surface area contributed by atoms with Crippen molar-refractivity contribution in [3.8, 4) is 0 Å². The Morgan fingerprint density at radius 2 is 1.45 bits per heavy atom. The zero-order valence-corrected chi connectivity index (χ0v) is 25.1. The number of nitrogens with zero attached hydrogens (tertiary/aromatic N) is 3. The van der Waals surface area contributed by atoms with Gasteiger partial charge in [0.25, 0.3) is 0 Å². The van der Waals surface area contributed by atoms with Crippen LogP contribution in [0, 0.1) is 25.2 Å². The van der Waals surface area contributed by atoms with E-state index in [9.17, 15) is 15.0 Å². The summed E-state index contributed by atoms with van der Waals surface area (Å²) in [5.74, 6) is -0.722. The van der Waals surface area contributed by atoms with Gasteiger partial charge in [-0.15, -0.1) is 0 Å². The first kappa shape index (κ1) is 29.2. The number of esters is 1. The number of imidazole rings is 1. The summed E-state index contributed by atoms with van der Waals surface area (Å²) >= 11 is 0. The van der Waals surface area contributed by atoms with E-state index in [4.69, 9.17) is 9.47 Å². The maximum absolute atomic E-state index is 13.1. The minimum atomic E-state index is -0.588. The summed E-state index contributed by atoms with van der Waals surface area (Å²) in [6.07, 6.45) is 0.178. The zero-order valence-electron chi connectivity index (χ0n) is 25.1. The second-order valence-corrected chi connectivity index (χ2v) is 12.3. The SMILES string of the molecule is Cc1ccc(CC(COC(=O)C2CN(C(=O)OC(C)(C)C)C2)n2c(=N)n(Cc3ccc(C)cc3)c3ccccc32)cc1. The number of carbonyl (C=O) groups is 2. The fourth-order valence-electron chi connectivity index (χ4n) is 5.28. The summed E-state index contributed by atoms with van der Waals surface area (Å²) in [4.78, 5) is 26.9. The molecule has 0 radical (unpaired) electrons. The fourth-order valence-corrected chi connectivity index (χ4v) is 5.28. The second-order valence-electron chi connectivity index (χ2n) is 12.3. The van der Waals surface area contributed by atoms with Gasteiger partial charge in [-0.2, -0.15) is 0 Å². The Kier molecular flexibility index (Phi) is 8.25. The molecule has 1 aliphatic rings. The molecule has 3 aromatic carbocycles. The first-order valence-corrected chi connectivity index (χ1v) is 14.5. The van der Waals surface area contributed by atoms with Crippen molar-refractivity contribution in [3.63, 3.8) is 0 Å². The van der Waals surface area contributed by atoms with Gasteiger partial charge in [0, 0.05) is 13.1 Å². The van der Waals surface area contributed by atoms with E-state index in [-0.39, 0.29) is 37.6 Å². The van der Waals surface area contributed by atoms with Crippen molar-refractivity contribution in [2.24, 2.45) is 5.92 Å². The molecule has 5 rings (SSSR count). The molecule has 0 saturated carbocycles. The smallest absolute Gasteiger partial charge is 0.410 e. The first-order valence-electron chi connectivity index (χ1n) is 14.5. The Bertz CT molecular complexity index is 1620. The summed E-state index contributed by atoms with van der Waals surface area (Å²) in [6, 6.07) is 24.4. The van der Waals surface area contributed by atoms with Gasteiger partial charge in [0.15, 0.2) is 0 Å². The van der Waals surface area contributed by atoms with E-state index in [2.05, 4.69) is 62.4 Å². The highest BCUT2D eigenvalue weighted by molar-refractivity contribution is 5.78. The molecule has 4 aromatic rings. The third-order valence-corrected chi connectivity index (χ3v) is 7.62. The number of fused-ring (bicyclic) bond motifs is 1. The average molecular weight is 569 g/mol. The van der Waals surface area contributed by atoms with E-state index < -0.39 is 11.7 Å². The van der Waals surface area contributed by atoms with Crippen LogP contribution in [-0.2, 0) is 27.2 Å². The molecule has 1 saturated heterocycles. The summed E-state index contributed by atoms with van der Waals surface area (Å²) in [5.41, 5.74) is 6.22. The second kappa shape index (κ2) is 11.9. The highest BCUT2D eigenvalue weighted by atomic mass is 16.6. The van der Waals surface area contributed by atoms with Crippen LogP contribution in [0.25, 0.3) is 11.0 Å². The molecule has 220 valence electrons. The van der Waals surface area contributed by atoms with E-state index in [1.54, 1.807) is 0 Å². The van der Waals surface area contributed by atoms with E-state index >= 15 is 0 Å². The molecule has 0 spiro atoms. The van der Waals surface area contributed by atoms with Crippen molar-refractivity contribution < 1.29 is 19.1 Å². The Labute approximate surface area is 247 Å². The van der Waals surface area contributed by atoms with Crippen molar-refractivity contribution in [1.82, 2.24) is 14.0 Å². The van der Waals surface area contributed by atoms with Crippen molar-refractivity contribution >= 4 is 23.1 Å². The minimum Gasteiger partial charge on any atom is -0.463 e. The van der Waals surface area contributed by atoms with E-state index in [0.29, 0.717) is 18.6 Å². The molecule has 1 fully saturated rings. The molecule has 1 N–H and O–H groups in total. The molecule has 0 aliphatic carbocycles. The highest BCUT2D eigenvalue weighted by Gasteiger charge is 2.39. The zero-order chi connectivity index (χ0) is 30.0. The van der Waals surface area contributed by atoms with E-state index in [1.807, 2.05) is 54.2 Å². The molecule has 2 heterocycles. The molecule has 42 heavy (non-hydrogen) atoms. The van der Waals surface area contributed by atoms with Crippen LogP contribution in [0.4, 0.5) is 4.79 Å². The number of hydrogen-bond donors (Lipinski definition) is 1. The van der Waals surface area contributed by atoms with Crippen LogP contribution in [0.3, 0.4) is 0 Å². The third kappa shape index (κ3) is 6.59. The normalized spacial score (nSPS) is 14.5. The van der Waals surface area contributed by atoms with Gasteiger partial charge in [-0.1, -0.05) is 71.8 Å². The Morgan fingerprint density at radius 1 is 0.881 bits per heavy atom.